The fraction of sp³-hybridized carbons (Fsp3) is 0.118. The van der Waals surface area contributed by atoms with Crippen molar-refractivity contribution in [3.05, 3.63) is 58.3 Å². The summed E-state index contributed by atoms with van der Waals surface area (Å²) in [5.74, 6) is 0.117. The van der Waals surface area contributed by atoms with Gasteiger partial charge in [0, 0.05) is 19.0 Å². The van der Waals surface area contributed by atoms with Gasteiger partial charge in [0.1, 0.15) is 10.1 Å². The van der Waals surface area contributed by atoms with Crippen LogP contribution in [0.1, 0.15) is 12.2 Å². The van der Waals surface area contributed by atoms with E-state index >= 15 is 0 Å². The predicted octanol–water partition coefficient (Wildman–Crippen LogP) is 4.16. The van der Waals surface area contributed by atoms with E-state index in [0.717, 1.165) is 0 Å². The normalized spacial score (nSPS) is 15.9. The number of benzene rings is 1. The van der Waals surface area contributed by atoms with E-state index in [1.807, 2.05) is 0 Å². The van der Waals surface area contributed by atoms with Crippen LogP contribution in [0.4, 0.5) is 5.69 Å². The fourth-order valence-corrected chi connectivity index (χ4v) is 3.66. The lowest BCUT2D eigenvalue weighted by atomic mass is 10.3. The van der Waals surface area contributed by atoms with Gasteiger partial charge in [0.2, 0.25) is 5.91 Å². The summed E-state index contributed by atoms with van der Waals surface area (Å²) >= 11 is 12.4. The van der Waals surface area contributed by atoms with E-state index in [1.165, 1.54) is 22.9 Å². The highest BCUT2D eigenvalue weighted by molar-refractivity contribution is 8.26. The Morgan fingerprint density at radius 2 is 2.12 bits per heavy atom. The lowest BCUT2D eigenvalue weighted by Gasteiger charge is -2.14. The molecule has 3 rings (SSSR count). The second-order valence-corrected chi connectivity index (χ2v) is 7.21. The molecule has 1 aliphatic heterocycles. The van der Waals surface area contributed by atoms with Crippen LogP contribution in [0.15, 0.2) is 52.0 Å². The highest BCUT2D eigenvalue weighted by atomic mass is 35.5. The molecule has 2 aromatic rings. The number of nitrogens with zero attached hydrogens (tertiary/aromatic N) is 1. The lowest BCUT2D eigenvalue weighted by Crippen LogP contribution is -2.31. The van der Waals surface area contributed by atoms with E-state index < -0.39 is 0 Å². The van der Waals surface area contributed by atoms with Crippen molar-refractivity contribution in [3.63, 3.8) is 0 Å². The molecule has 1 aliphatic rings. The van der Waals surface area contributed by atoms with E-state index in [0.29, 0.717) is 25.7 Å². The highest BCUT2D eigenvalue weighted by Crippen LogP contribution is 2.32. The third-order valence-corrected chi connectivity index (χ3v) is 5.11. The number of hydrogen-bond acceptors (Lipinski definition) is 5. The summed E-state index contributed by atoms with van der Waals surface area (Å²) in [4.78, 5) is 26.4. The van der Waals surface area contributed by atoms with Gasteiger partial charge in [0.05, 0.1) is 21.9 Å². The number of nitrogens with one attached hydrogen (secondary N) is 1. The standard InChI is InChI=1S/C17H13ClN2O3S2/c18-12-5-1-2-6-13(12)19-15(21)7-8-20-16(22)14(25-17(20)24)10-11-4-3-9-23-11/h1-6,9-10H,7-8H2,(H,19,21)/b14-10+. The number of halogens is 1. The van der Waals surface area contributed by atoms with Crippen LogP contribution in [0.5, 0.6) is 0 Å². The number of thiocarbonyl (C=S) groups is 1. The summed E-state index contributed by atoms with van der Waals surface area (Å²) in [7, 11) is 0. The Hall–Kier alpha value is -2.09. The molecule has 1 fully saturated rings. The number of rotatable bonds is 5. The third kappa shape index (κ3) is 4.31. The van der Waals surface area contributed by atoms with Crippen molar-refractivity contribution >= 4 is 63.5 Å². The lowest BCUT2D eigenvalue weighted by molar-refractivity contribution is -0.122. The first-order chi connectivity index (χ1) is 12.0. The van der Waals surface area contributed by atoms with Crippen molar-refractivity contribution < 1.29 is 14.0 Å². The minimum atomic E-state index is -0.239. The topological polar surface area (TPSA) is 62.6 Å². The summed E-state index contributed by atoms with van der Waals surface area (Å²) in [6, 6.07) is 10.5. The second kappa shape index (κ2) is 7.86. The summed E-state index contributed by atoms with van der Waals surface area (Å²) in [6.07, 6.45) is 3.29. The zero-order valence-electron chi connectivity index (χ0n) is 12.9. The van der Waals surface area contributed by atoms with Crippen LogP contribution in [0.3, 0.4) is 0 Å². The molecule has 5 nitrogen and oxygen atoms in total. The van der Waals surface area contributed by atoms with Gasteiger partial charge in [0.25, 0.3) is 5.91 Å². The van der Waals surface area contributed by atoms with Gasteiger partial charge in [-0.3, -0.25) is 14.5 Å². The van der Waals surface area contributed by atoms with Crippen LogP contribution in [-0.4, -0.2) is 27.6 Å². The predicted molar refractivity (Wildman–Crippen MR) is 103 cm³/mol. The van der Waals surface area contributed by atoms with Gasteiger partial charge in [-0.1, -0.05) is 47.7 Å². The number of thioether (sulfide) groups is 1. The molecule has 25 heavy (non-hydrogen) atoms. The monoisotopic (exact) mass is 392 g/mol. The van der Waals surface area contributed by atoms with E-state index in [9.17, 15) is 9.59 Å². The molecule has 2 amide bonds. The fourth-order valence-electron chi connectivity index (χ4n) is 2.18. The van der Waals surface area contributed by atoms with Gasteiger partial charge in [-0.15, -0.1) is 0 Å². The van der Waals surface area contributed by atoms with E-state index in [-0.39, 0.29) is 24.8 Å². The quantitative estimate of drug-likeness (QED) is 0.611. The number of amides is 2. The molecule has 1 aromatic carbocycles. The zero-order valence-corrected chi connectivity index (χ0v) is 15.3. The Morgan fingerprint density at radius 3 is 2.84 bits per heavy atom. The van der Waals surface area contributed by atoms with Gasteiger partial charge in [0.15, 0.2) is 0 Å². The summed E-state index contributed by atoms with van der Waals surface area (Å²) in [6.45, 7) is 0.205. The van der Waals surface area contributed by atoms with Crippen molar-refractivity contribution in [2.24, 2.45) is 0 Å². The zero-order chi connectivity index (χ0) is 17.8. The molecule has 2 heterocycles. The Labute approximate surface area is 159 Å². The van der Waals surface area contributed by atoms with Gasteiger partial charge in [-0.25, -0.2) is 0 Å². The smallest absolute Gasteiger partial charge is 0.266 e. The van der Waals surface area contributed by atoms with Crippen molar-refractivity contribution in [2.75, 3.05) is 11.9 Å². The summed E-state index contributed by atoms with van der Waals surface area (Å²) < 4.78 is 5.63. The number of hydrogen-bond donors (Lipinski definition) is 1. The molecule has 1 saturated heterocycles. The number of para-hydroxylation sites is 1. The molecule has 0 spiro atoms. The first-order valence-electron chi connectivity index (χ1n) is 7.38. The SMILES string of the molecule is O=C(CCN1C(=O)/C(=C\c2ccco2)SC1=S)Nc1ccccc1Cl. The Bertz CT molecular complexity index is 849. The van der Waals surface area contributed by atoms with Gasteiger partial charge in [-0.05, 0) is 24.3 Å². The van der Waals surface area contributed by atoms with Gasteiger partial charge in [-0.2, -0.15) is 0 Å². The number of anilines is 1. The number of carbonyl (C=O) groups excluding carboxylic acids is 2. The Kier molecular flexibility index (Phi) is 5.57. The molecule has 128 valence electrons. The minimum absolute atomic E-state index is 0.117. The molecule has 0 atom stereocenters. The minimum Gasteiger partial charge on any atom is -0.465 e. The second-order valence-electron chi connectivity index (χ2n) is 5.13. The molecule has 0 saturated carbocycles. The average molecular weight is 393 g/mol. The highest BCUT2D eigenvalue weighted by Gasteiger charge is 2.32. The van der Waals surface area contributed by atoms with Gasteiger partial charge < -0.3 is 9.73 Å². The Morgan fingerprint density at radius 1 is 1.32 bits per heavy atom. The summed E-state index contributed by atoms with van der Waals surface area (Å²) in [5, 5.41) is 3.18. The first kappa shape index (κ1) is 17.7. The van der Waals surface area contributed by atoms with Crippen LogP contribution in [-0.2, 0) is 9.59 Å². The van der Waals surface area contributed by atoms with Crippen LogP contribution in [0, 0.1) is 0 Å². The molecule has 0 unspecified atom stereocenters. The maximum absolute atomic E-state index is 12.4. The Balaban J connectivity index is 1.59. The van der Waals surface area contributed by atoms with E-state index in [2.05, 4.69) is 5.32 Å². The molecular formula is C17H13ClN2O3S2. The molecule has 0 radical (unpaired) electrons. The third-order valence-electron chi connectivity index (χ3n) is 3.40. The van der Waals surface area contributed by atoms with Crippen LogP contribution in [0.2, 0.25) is 5.02 Å². The maximum atomic E-state index is 12.4. The van der Waals surface area contributed by atoms with Gasteiger partial charge >= 0.3 is 0 Å². The molecule has 8 heteroatoms. The molecule has 1 aromatic heterocycles. The van der Waals surface area contributed by atoms with Crippen molar-refractivity contribution in [1.82, 2.24) is 4.90 Å². The van der Waals surface area contributed by atoms with Crippen molar-refractivity contribution in [3.8, 4) is 0 Å². The molecule has 0 bridgehead atoms. The van der Waals surface area contributed by atoms with Crippen molar-refractivity contribution in [2.45, 2.75) is 6.42 Å². The largest absolute Gasteiger partial charge is 0.465 e. The van der Waals surface area contributed by atoms with E-state index in [1.54, 1.807) is 42.5 Å². The van der Waals surface area contributed by atoms with Crippen molar-refractivity contribution in [1.29, 1.82) is 0 Å². The molecular weight excluding hydrogens is 380 g/mol. The number of furan rings is 1. The molecule has 1 N–H and O–H groups in total. The molecule has 0 aliphatic carbocycles. The van der Waals surface area contributed by atoms with Crippen LogP contribution in [0.25, 0.3) is 6.08 Å². The maximum Gasteiger partial charge on any atom is 0.266 e. The number of carbonyl (C=O) groups is 2. The summed E-state index contributed by atoms with van der Waals surface area (Å²) in [5.41, 5.74) is 0.539. The average Bonchev–Trinajstić information content (AvgIpc) is 3.18. The van der Waals surface area contributed by atoms with E-state index in [4.69, 9.17) is 28.2 Å². The van der Waals surface area contributed by atoms with Crippen LogP contribution >= 0.6 is 35.6 Å². The first-order valence-corrected chi connectivity index (χ1v) is 8.98. The van der Waals surface area contributed by atoms with Crippen LogP contribution < -0.4 is 5.32 Å².